The lowest BCUT2D eigenvalue weighted by Gasteiger charge is -2.22. The first kappa shape index (κ1) is 17.2. The molecular formula is C18H21N3O4S. The molecule has 0 unspecified atom stereocenters. The number of aliphatic carboxylic acids is 1. The Bertz CT molecular complexity index is 845. The van der Waals surface area contributed by atoms with Crippen LogP contribution in [-0.4, -0.2) is 44.5 Å². The fourth-order valence-corrected chi connectivity index (χ4v) is 4.97. The van der Waals surface area contributed by atoms with Gasteiger partial charge in [-0.05, 0) is 30.9 Å². The third-order valence-electron chi connectivity index (χ3n) is 5.58. The third-order valence-corrected chi connectivity index (χ3v) is 6.66. The molecule has 1 saturated heterocycles. The highest BCUT2D eigenvalue weighted by molar-refractivity contribution is 7.98. The molecule has 2 aromatic rings. The molecule has 8 heteroatoms. The highest BCUT2D eigenvalue weighted by Crippen LogP contribution is 2.49. The molecule has 26 heavy (non-hydrogen) atoms. The molecule has 1 aliphatic heterocycles. The van der Waals surface area contributed by atoms with Crippen molar-refractivity contribution < 1.29 is 19.1 Å². The zero-order valence-electron chi connectivity index (χ0n) is 14.6. The molecule has 1 aliphatic carbocycles. The van der Waals surface area contributed by atoms with Crippen LogP contribution in [0, 0.1) is 11.3 Å². The second-order valence-electron chi connectivity index (χ2n) is 7.11. The third kappa shape index (κ3) is 2.82. The number of hydrogen-bond acceptors (Lipinski definition) is 5. The summed E-state index contributed by atoms with van der Waals surface area (Å²) in [5.74, 6) is 0.627. The first-order valence-electron chi connectivity index (χ1n) is 8.71. The predicted octanol–water partition coefficient (Wildman–Crippen LogP) is 2.63. The molecular weight excluding hydrogens is 354 g/mol. The number of amides is 1. The van der Waals surface area contributed by atoms with Crippen LogP contribution >= 0.6 is 11.8 Å². The quantitative estimate of drug-likeness (QED) is 0.808. The first-order valence-corrected chi connectivity index (χ1v) is 9.70. The lowest BCUT2D eigenvalue weighted by Crippen LogP contribution is -2.37. The summed E-state index contributed by atoms with van der Waals surface area (Å²) < 4.78 is 7.64. The lowest BCUT2D eigenvalue weighted by atomic mass is 9.81. The Kier molecular flexibility index (Phi) is 4.30. The zero-order valence-corrected chi connectivity index (χ0v) is 15.4. The highest BCUT2D eigenvalue weighted by Gasteiger charge is 2.56. The Labute approximate surface area is 155 Å². The molecule has 138 valence electrons. The number of carboxylic acids is 1. The van der Waals surface area contributed by atoms with Gasteiger partial charge in [0.05, 0.1) is 11.2 Å². The van der Waals surface area contributed by atoms with E-state index in [-0.39, 0.29) is 24.1 Å². The minimum Gasteiger partial charge on any atom is -0.481 e. The number of carbonyl (C=O) groups excluding carboxylic acids is 1. The van der Waals surface area contributed by atoms with Gasteiger partial charge in [0.2, 0.25) is 0 Å². The van der Waals surface area contributed by atoms with E-state index in [4.69, 9.17) is 4.42 Å². The number of furan rings is 1. The molecule has 1 N–H and O–H groups in total. The Hall–Kier alpha value is -2.22. The van der Waals surface area contributed by atoms with E-state index in [1.165, 1.54) is 11.8 Å². The van der Waals surface area contributed by atoms with Crippen molar-refractivity contribution in [3.63, 3.8) is 0 Å². The molecule has 2 atom stereocenters. The number of thioether (sulfide) groups is 1. The Morgan fingerprint density at radius 1 is 1.46 bits per heavy atom. The number of likely N-dealkylation sites (tertiary alicyclic amines) is 1. The number of aromatic nitrogens is 2. The van der Waals surface area contributed by atoms with E-state index in [0.717, 1.165) is 18.0 Å². The smallest absolute Gasteiger partial charge is 0.311 e. The summed E-state index contributed by atoms with van der Waals surface area (Å²) in [5, 5.41) is 10.5. The van der Waals surface area contributed by atoms with Gasteiger partial charge in [-0.1, -0.05) is 18.2 Å². The second kappa shape index (κ2) is 6.50. The summed E-state index contributed by atoms with van der Waals surface area (Å²) in [5.41, 5.74) is -0.765. The molecule has 7 nitrogen and oxygen atoms in total. The largest absolute Gasteiger partial charge is 0.481 e. The van der Waals surface area contributed by atoms with Crippen LogP contribution in [0.4, 0.5) is 0 Å². The number of carbonyl (C=O) groups is 2. The average Bonchev–Trinajstić information content (AvgIpc) is 3.35. The van der Waals surface area contributed by atoms with Crippen LogP contribution in [0.25, 0.3) is 0 Å². The summed E-state index contributed by atoms with van der Waals surface area (Å²) in [6.07, 6.45) is 6.07. The summed E-state index contributed by atoms with van der Waals surface area (Å²) in [4.78, 5) is 30.4. The van der Waals surface area contributed by atoms with Crippen molar-refractivity contribution in [2.45, 2.75) is 30.2 Å². The van der Waals surface area contributed by atoms with Crippen LogP contribution in [0.15, 0.2) is 34.1 Å². The van der Waals surface area contributed by atoms with Crippen molar-refractivity contribution in [1.82, 2.24) is 14.5 Å². The number of hydrogen-bond donors (Lipinski definition) is 1. The van der Waals surface area contributed by atoms with Crippen molar-refractivity contribution in [2.24, 2.45) is 18.4 Å². The summed E-state index contributed by atoms with van der Waals surface area (Å²) in [7, 11) is 1.93. The Morgan fingerprint density at radius 3 is 3.00 bits per heavy atom. The van der Waals surface area contributed by atoms with Gasteiger partial charge in [0.25, 0.3) is 5.91 Å². The van der Waals surface area contributed by atoms with Crippen LogP contribution in [0.3, 0.4) is 0 Å². The number of nitrogens with zero attached hydrogens (tertiary/aromatic N) is 3. The molecule has 0 spiro atoms. The molecule has 2 aliphatic rings. The maximum atomic E-state index is 12.8. The van der Waals surface area contributed by atoms with Gasteiger partial charge in [0, 0.05) is 32.5 Å². The fraction of sp³-hybridized carbons (Fsp3) is 0.500. The number of carboxylic acid groups (broad SMARTS) is 1. The van der Waals surface area contributed by atoms with Crippen molar-refractivity contribution in [3.05, 3.63) is 36.0 Å². The van der Waals surface area contributed by atoms with Crippen molar-refractivity contribution >= 4 is 23.6 Å². The molecule has 0 aromatic carbocycles. The van der Waals surface area contributed by atoms with Crippen LogP contribution in [0.5, 0.6) is 0 Å². The van der Waals surface area contributed by atoms with Gasteiger partial charge in [-0.3, -0.25) is 9.59 Å². The fourth-order valence-electron chi connectivity index (χ4n) is 4.15. The second-order valence-corrected chi connectivity index (χ2v) is 8.05. The molecule has 2 aromatic heterocycles. The predicted molar refractivity (Wildman–Crippen MR) is 94.8 cm³/mol. The van der Waals surface area contributed by atoms with E-state index in [2.05, 4.69) is 4.98 Å². The molecule has 4 rings (SSSR count). The van der Waals surface area contributed by atoms with Gasteiger partial charge >= 0.3 is 5.97 Å². The van der Waals surface area contributed by atoms with E-state index in [1.807, 2.05) is 17.8 Å². The number of rotatable bonds is 5. The van der Waals surface area contributed by atoms with E-state index in [1.54, 1.807) is 23.2 Å². The van der Waals surface area contributed by atoms with Gasteiger partial charge in [-0.25, -0.2) is 4.98 Å². The van der Waals surface area contributed by atoms with Gasteiger partial charge < -0.3 is 19.0 Å². The van der Waals surface area contributed by atoms with Crippen LogP contribution < -0.4 is 0 Å². The van der Waals surface area contributed by atoms with E-state index >= 15 is 0 Å². The highest BCUT2D eigenvalue weighted by atomic mass is 32.2. The van der Waals surface area contributed by atoms with Gasteiger partial charge in [0.1, 0.15) is 5.76 Å². The summed E-state index contributed by atoms with van der Waals surface area (Å²) in [6.45, 7) is 0.785. The molecule has 1 amide bonds. The minimum atomic E-state index is -0.776. The van der Waals surface area contributed by atoms with Gasteiger partial charge in [0.15, 0.2) is 10.9 Å². The monoisotopic (exact) mass is 375 g/mol. The molecule has 0 bridgehead atoms. The molecule has 1 saturated carbocycles. The lowest BCUT2D eigenvalue weighted by molar-refractivity contribution is -0.149. The van der Waals surface area contributed by atoms with Crippen LogP contribution in [-0.2, 0) is 17.6 Å². The van der Waals surface area contributed by atoms with Crippen molar-refractivity contribution in [1.29, 1.82) is 0 Å². The minimum absolute atomic E-state index is 0.0531. The first-order chi connectivity index (χ1) is 12.5. The van der Waals surface area contributed by atoms with E-state index in [0.29, 0.717) is 24.5 Å². The topological polar surface area (TPSA) is 88.6 Å². The standard InChI is InChI=1S/C18H21N3O4S/c1-20-8-7-19-17(20)26-10-13-4-5-14(25-13)15(22)21-9-12-3-2-6-18(12,11-21)16(23)24/h4-5,7-8,12H,2-3,6,9-11H2,1H3,(H,23,24)/t12-,18+/m0/s1. The maximum Gasteiger partial charge on any atom is 0.311 e. The van der Waals surface area contributed by atoms with Gasteiger partial charge in [-0.2, -0.15) is 0 Å². The number of fused-ring (bicyclic) bond motifs is 1. The summed E-state index contributed by atoms with van der Waals surface area (Å²) in [6, 6.07) is 3.48. The molecule has 3 heterocycles. The molecule has 2 fully saturated rings. The van der Waals surface area contributed by atoms with E-state index in [9.17, 15) is 14.7 Å². The summed E-state index contributed by atoms with van der Waals surface area (Å²) >= 11 is 1.54. The van der Waals surface area contributed by atoms with Crippen LogP contribution in [0.1, 0.15) is 35.6 Å². The SMILES string of the molecule is Cn1ccnc1SCc1ccc(C(=O)N2C[C@@H]3CCC[C@@]3(C(=O)O)C2)o1. The Morgan fingerprint density at radius 2 is 2.31 bits per heavy atom. The van der Waals surface area contributed by atoms with Crippen molar-refractivity contribution in [2.75, 3.05) is 13.1 Å². The number of imidazole rings is 1. The van der Waals surface area contributed by atoms with Crippen LogP contribution in [0.2, 0.25) is 0 Å². The normalized spacial score (nSPS) is 24.8. The molecule has 0 radical (unpaired) electrons. The van der Waals surface area contributed by atoms with Crippen molar-refractivity contribution in [3.8, 4) is 0 Å². The Balaban J connectivity index is 1.42. The number of aryl methyl sites for hydroxylation is 1. The zero-order chi connectivity index (χ0) is 18.3. The van der Waals surface area contributed by atoms with Gasteiger partial charge in [-0.15, -0.1) is 0 Å². The van der Waals surface area contributed by atoms with E-state index < -0.39 is 11.4 Å². The average molecular weight is 375 g/mol. The maximum absolute atomic E-state index is 12.8.